The fourth-order valence-electron chi connectivity index (χ4n) is 1.74. The Balaban J connectivity index is 2.76. The number of H-pyrrole nitrogens is 1. The van der Waals surface area contributed by atoms with E-state index in [0.29, 0.717) is 17.8 Å². The van der Waals surface area contributed by atoms with Crippen molar-refractivity contribution in [2.75, 3.05) is 20.7 Å². The predicted molar refractivity (Wildman–Crippen MR) is 69.1 cm³/mol. The molecule has 7 nitrogen and oxygen atoms in total. The highest BCUT2D eigenvalue weighted by Crippen LogP contribution is 2.20. The number of nitrogens with one attached hydrogen (secondary N) is 1. The number of nitrogens with zero attached hydrogens (tertiary/aromatic N) is 2. The van der Waals surface area contributed by atoms with Crippen molar-refractivity contribution >= 4 is 16.0 Å². The van der Waals surface area contributed by atoms with Gasteiger partial charge in [-0.2, -0.15) is 5.10 Å². The van der Waals surface area contributed by atoms with Gasteiger partial charge in [-0.3, -0.25) is 9.89 Å². The zero-order chi connectivity index (χ0) is 14.6. The molecule has 0 aliphatic heterocycles. The van der Waals surface area contributed by atoms with Gasteiger partial charge >= 0.3 is 5.97 Å². The molecule has 0 aliphatic carbocycles. The summed E-state index contributed by atoms with van der Waals surface area (Å²) in [7, 11) is -0.783. The molecule has 108 valence electrons. The molecule has 1 aromatic rings. The summed E-state index contributed by atoms with van der Waals surface area (Å²) in [5, 5.41) is 6.53. The van der Waals surface area contributed by atoms with Crippen molar-refractivity contribution in [2.45, 2.75) is 31.6 Å². The summed E-state index contributed by atoms with van der Waals surface area (Å²) in [6, 6.07) is 0. The Labute approximate surface area is 113 Å². The smallest absolute Gasteiger partial charge is 0.305 e. The lowest BCUT2D eigenvalue weighted by molar-refractivity contribution is -0.140. The van der Waals surface area contributed by atoms with Gasteiger partial charge in [0, 0.05) is 20.0 Å². The predicted octanol–water partition coefficient (Wildman–Crippen LogP) is 0.600. The van der Waals surface area contributed by atoms with Gasteiger partial charge in [0.15, 0.2) is 0 Å². The molecule has 0 aromatic carbocycles. The van der Waals surface area contributed by atoms with Crippen LogP contribution in [-0.2, 0) is 19.6 Å². The maximum Gasteiger partial charge on any atom is 0.305 e. The van der Waals surface area contributed by atoms with E-state index in [0.717, 1.165) is 0 Å². The highest BCUT2D eigenvalue weighted by atomic mass is 32.2. The molecule has 0 spiro atoms. The van der Waals surface area contributed by atoms with Crippen LogP contribution in [0.3, 0.4) is 0 Å². The molecule has 0 saturated heterocycles. The van der Waals surface area contributed by atoms with Crippen LogP contribution < -0.4 is 0 Å². The first-order valence-electron chi connectivity index (χ1n) is 5.85. The maximum absolute atomic E-state index is 12.3. The molecule has 8 heteroatoms. The van der Waals surface area contributed by atoms with E-state index >= 15 is 0 Å². The Morgan fingerprint density at radius 2 is 2.05 bits per heavy atom. The molecule has 0 saturated carbocycles. The second-order valence-electron chi connectivity index (χ2n) is 4.27. The number of sulfonamides is 1. The first-order valence-corrected chi connectivity index (χ1v) is 7.29. The number of hydrogen-bond acceptors (Lipinski definition) is 5. The second-order valence-corrected chi connectivity index (χ2v) is 6.25. The highest BCUT2D eigenvalue weighted by molar-refractivity contribution is 7.89. The van der Waals surface area contributed by atoms with Gasteiger partial charge < -0.3 is 4.74 Å². The molecule has 0 fully saturated rings. The van der Waals surface area contributed by atoms with Crippen LogP contribution in [0, 0.1) is 13.8 Å². The average Bonchev–Trinajstić information content (AvgIpc) is 2.68. The fourth-order valence-corrected chi connectivity index (χ4v) is 3.28. The van der Waals surface area contributed by atoms with E-state index in [-0.39, 0.29) is 23.8 Å². The minimum absolute atomic E-state index is 0.194. The number of aromatic amines is 1. The highest BCUT2D eigenvalue weighted by Gasteiger charge is 2.26. The van der Waals surface area contributed by atoms with Gasteiger partial charge in [-0.1, -0.05) is 0 Å². The number of methoxy groups -OCH3 is 1. The number of ether oxygens (including phenoxy) is 1. The minimum Gasteiger partial charge on any atom is -0.469 e. The van der Waals surface area contributed by atoms with Crippen LogP contribution in [-0.4, -0.2) is 49.6 Å². The zero-order valence-electron chi connectivity index (χ0n) is 11.6. The molecule has 1 rings (SSSR count). The summed E-state index contributed by atoms with van der Waals surface area (Å²) >= 11 is 0. The summed E-state index contributed by atoms with van der Waals surface area (Å²) in [6.07, 6.45) is 0.609. The first-order chi connectivity index (χ1) is 8.80. The van der Waals surface area contributed by atoms with Crippen molar-refractivity contribution in [1.29, 1.82) is 0 Å². The number of esters is 1. The lowest BCUT2D eigenvalue weighted by atomic mass is 10.3. The minimum atomic E-state index is -3.57. The van der Waals surface area contributed by atoms with Gasteiger partial charge in [0.1, 0.15) is 4.90 Å². The van der Waals surface area contributed by atoms with Crippen LogP contribution in [0.5, 0.6) is 0 Å². The molecule has 19 heavy (non-hydrogen) atoms. The van der Waals surface area contributed by atoms with Crippen molar-refractivity contribution in [3.8, 4) is 0 Å². The van der Waals surface area contributed by atoms with Crippen molar-refractivity contribution in [2.24, 2.45) is 0 Å². The molecular formula is C11H19N3O4S. The largest absolute Gasteiger partial charge is 0.469 e. The van der Waals surface area contributed by atoms with Gasteiger partial charge in [-0.05, 0) is 20.3 Å². The molecule has 0 atom stereocenters. The van der Waals surface area contributed by atoms with E-state index in [2.05, 4.69) is 14.9 Å². The average molecular weight is 289 g/mol. The van der Waals surface area contributed by atoms with E-state index in [9.17, 15) is 13.2 Å². The summed E-state index contributed by atoms with van der Waals surface area (Å²) < 4.78 is 30.4. The monoisotopic (exact) mass is 289 g/mol. The Kier molecular flexibility index (Phi) is 5.07. The van der Waals surface area contributed by atoms with Crippen molar-refractivity contribution in [3.63, 3.8) is 0 Å². The number of carbonyl (C=O) groups excluding carboxylic acids is 1. The van der Waals surface area contributed by atoms with Crippen LogP contribution in [0.4, 0.5) is 0 Å². The number of hydrogen-bond donors (Lipinski definition) is 1. The molecule has 0 radical (unpaired) electrons. The number of aryl methyl sites for hydroxylation is 2. The van der Waals surface area contributed by atoms with Crippen molar-refractivity contribution in [3.05, 3.63) is 11.4 Å². The SMILES string of the molecule is COC(=O)CCCN(C)S(=O)(=O)c1c(C)n[nH]c1C. The van der Waals surface area contributed by atoms with Gasteiger partial charge in [0.2, 0.25) is 10.0 Å². The van der Waals surface area contributed by atoms with E-state index in [1.165, 1.54) is 18.5 Å². The molecule has 1 aromatic heterocycles. The van der Waals surface area contributed by atoms with Gasteiger partial charge in [-0.15, -0.1) is 0 Å². The zero-order valence-corrected chi connectivity index (χ0v) is 12.4. The lowest BCUT2D eigenvalue weighted by Crippen LogP contribution is -2.29. The van der Waals surface area contributed by atoms with Crippen LogP contribution in [0.25, 0.3) is 0 Å². The van der Waals surface area contributed by atoms with Crippen LogP contribution in [0.2, 0.25) is 0 Å². The van der Waals surface area contributed by atoms with Crippen LogP contribution >= 0.6 is 0 Å². The standard InChI is InChI=1S/C11H19N3O4S/c1-8-11(9(2)13-12-8)19(16,17)14(3)7-5-6-10(15)18-4/h5-7H2,1-4H3,(H,12,13). The summed E-state index contributed by atoms with van der Waals surface area (Å²) in [4.78, 5) is 11.2. The van der Waals surface area contributed by atoms with Crippen molar-refractivity contribution in [1.82, 2.24) is 14.5 Å². The van der Waals surface area contributed by atoms with Gasteiger partial charge in [0.25, 0.3) is 0 Å². The molecule has 1 heterocycles. The quantitative estimate of drug-likeness (QED) is 0.774. The summed E-state index contributed by atoms with van der Waals surface area (Å²) in [5.74, 6) is -0.346. The number of rotatable bonds is 6. The molecule has 0 bridgehead atoms. The normalized spacial score (nSPS) is 11.8. The molecule has 0 aliphatic rings. The number of aromatic nitrogens is 2. The Hall–Kier alpha value is -1.41. The first kappa shape index (κ1) is 15.6. The second kappa shape index (κ2) is 6.16. The van der Waals surface area contributed by atoms with Gasteiger partial charge in [-0.25, -0.2) is 12.7 Å². The Morgan fingerprint density at radius 3 is 2.53 bits per heavy atom. The summed E-state index contributed by atoms with van der Waals surface area (Å²) in [5.41, 5.74) is 0.953. The molecule has 0 amide bonds. The third kappa shape index (κ3) is 3.54. The molecule has 1 N–H and O–H groups in total. The Bertz CT molecular complexity index is 531. The maximum atomic E-state index is 12.3. The molecular weight excluding hydrogens is 270 g/mol. The van der Waals surface area contributed by atoms with E-state index in [4.69, 9.17) is 0 Å². The topological polar surface area (TPSA) is 92.4 Å². The Morgan fingerprint density at radius 1 is 1.42 bits per heavy atom. The molecule has 0 unspecified atom stereocenters. The lowest BCUT2D eigenvalue weighted by Gasteiger charge is -2.16. The third-order valence-electron chi connectivity index (χ3n) is 2.81. The van der Waals surface area contributed by atoms with Crippen molar-refractivity contribution < 1.29 is 17.9 Å². The van der Waals surface area contributed by atoms with E-state index in [1.807, 2.05) is 0 Å². The van der Waals surface area contributed by atoms with E-state index < -0.39 is 10.0 Å². The van der Waals surface area contributed by atoms with Crippen LogP contribution in [0.15, 0.2) is 4.90 Å². The fraction of sp³-hybridized carbons (Fsp3) is 0.636. The summed E-state index contributed by atoms with van der Waals surface area (Å²) in [6.45, 7) is 3.55. The van der Waals surface area contributed by atoms with E-state index in [1.54, 1.807) is 13.8 Å². The number of carbonyl (C=O) groups is 1. The van der Waals surface area contributed by atoms with Crippen LogP contribution in [0.1, 0.15) is 24.2 Å². The van der Waals surface area contributed by atoms with Gasteiger partial charge in [0.05, 0.1) is 18.5 Å². The third-order valence-corrected chi connectivity index (χ3v) is 4.93.